The van der Waals surface area contributed by atoms with E-state index in [4.69, 9.17) is 9.15 Å². The minimum atomic E-state index is -1.33. The van der Waals surface area contributed by atoms with Gasteiger partial charge in [0, 0.05) is 23.9 Å². The second-order valence-electron chi connectivity index (χ2n) is 4.20. The van der Waals surface area contributed by atoms with Gasteiger partial charge in [0.05, 0.1) is 14.2 Å². The van der Waals surface area contributed by atoms with Crippen molar-refractivity contribution in [2.45, 2.75) is 12.5 Å². The van der Waals surface area contributed by atoms with Crippen LogP contribution in [0.5, 0.6) is 5.75 Å². The van der Waals surface area contributed by atoms with E-state index in [0.717, 1.165) is 0 Å². The molecule has 20 heavy (non-hydrogen) atoms. The minimum Gasteiger partial charge on any atom is -0.497 e. The minimum absolute atomic E-state index is 0.0267. The van der Waals surface area contributed by atoms with Gasteiger partial charge < -0.3 is 19.0 Å². The van der Waals surface area contributed by atoms with Gasteiger partial charge in [0.1, 0.15) is 11.3 Å². The quantitative estimate of drug-likeness (QED) is 0.660. The van der Waals surface area contributed by atoms with Crippen molar-refractivity contribution >= 4 is 16.9 Å². The molecular weight excluding hydrogens is 264 g/mol. The number of benzene rings is 1. The van der Waals surface area contributed by atoms with Gasteiger partial charge in [0.2, 0.25) is 0 Å². The zero-order valence-electron chi connectivity index (χ0n) is 11.1. The molecule has 0 aliphatic carbocycles. The van der Waals surface area contributed by atoms with Crippen molar-refractivity contribution in [1.29, 1.82) is 0 Å². The van der Waals surface area contributed by atoms with Gasteiger partial charge in [-0.3, -0.25) is 0 Å². The Kier molecular flexibility index (Phi) is 4.05. The number of carbonyl (C=O) groups is 1. The highest BCUT2D eigenvalue weighted by Gasteiger charge is 2.18. The Morgan fingerprint density at radius 2 is 2.10 bits per heavy atom. The normalized spacial score (nSPS) is 12.2. The number of carbonyl (C=O) groups excluding carboxylic acids is 1. The molecule has 0 bridgehead atoms. The summed E-state index contributed by atoms with van der Waals surface area (Å²) in [4.78, 5) is 22.8. The Labute approximate surface area is 114 Å². The second kappa shape index (κ2) is 5.75. The number of methoxy groups -OCH3 is 2. The van der Waals surface area contributed by atoms with Crippen molar-refractivity contribution in [3.63, 3.8) is 0 Å². The Morgan fingerprint density at radius 1 is 1.35 bits per heavy atom. The van der Waals surface area contributed by atoms with Crippen molar-refractivity contribution in [3.8, 4) is 5.75 Å². The summed E-state index contributed by atoms with van der Waals surface area (Å²) >= 11 is 0. The highest BCUT2D eigenvalue weighted by atomic mass is 16.5. The predicted molar refractivity (Wildman–Crippen MR) is 70.8 cm³/mol. The van der Waals surface area contributed by atoms with Crippen LogP contribution in [0.15, 0.2) is 33.5 Å². The third-order valence-corrected chi connectivity index (χ3v) is 2.92. The van der Waals surface area contributed by atoms with Crippen LogP contribution in [0, 0.1) is 0 Å². The molecule has 0 aliphatic rings. The summed E-state index contributed by atoms with van der Waals surface area (Å²) in [6.07, 6.45) is -1.35. The number of hydrogen-bond acceptors (Lipinski definition) is 6. The Morgan fingerprint density at radius 3 is 2.75 bits per heavy atom. The van der Waals surface area contributed by atoms with E-state index < -0.39 is 17.7 Å². The van der Waals surface area contributed by atoms with Gasteiger partial charge >= 0.3 is 11.6 Å². The molecule has 1 heterocycles. The van der Waals surface area contributed by atoms with E-state index in [1.54, 1.807) is 18.2 Å². The molecule has 6 heteroatoms. The fraction of sp³-hybridized carbons (Fsp3) is 0.286. The van der Waals surface area contributed by atoms with Gasteiger partial charge in [-0.05, 0) is 17.7 Å². The smallest absolute Gasteiger partial charge is 0.336 e. The van der Waals surface area contributed by atoms with E-state index in [2.05, 4.69) is 4.74 Å². The maximum Gasteiger partial charge on any atom is 0.336 e. The molecule has 0 aliphatic heterocycles. The van der Waals surface area contributed by atoms with Crippen molar-refractivity contribution in [1.82, 2.24) is 0 Å². The molecule has 1 N–H and O–H groups in total. The summed E-state index contributed by atoms with van der Waals surface area (Å²) in [6.45, 7) is 0. The van der Waals surface area contributed by atoms with Crippen LogP contribution in [0.25, 0.3) is 11.0 Å². The van der Waals surface area contributed by atoms with Crippen molar-refractivity contribution in [2.24, 2.45) is 0 Å². The first kappa shape index (κ1) is 14.1. The number of fused-ring (bicyclic) bond motifs is 1. The van der Waals surface area contributed by atoms with Crippen molar-refractivity contribution < 1.29 is 23.8 Å². The van der Waals surface area contributed by atoms with E-state index in [-0.39, 0.29) is 6.42 Å². The lowest BCUT2D eigenvalue weighted by Gasteiger charge is -2.10. The molecule has 0 unspecified atom stereocenters. The van der Waals surface area contributed by atoms with E-state index in [1.807, 2.05) is 0 Å². The zero-order valence-corrected chi connectivity index (χ0v) is 11.1. The standard InChI is InChI=1S/C14H14O6/c1-18-9-3-4-10-8(5-11(15)14(17)19-2)6-13(16)20-12(10)7-9/h3-4,6-7,11,15H,5H2,1-2H3/t11-/m1/s1. The molecule has 1 aromatic carbocycles. The molecule has 0 saturated heterocycles. The van der Waals surface area contributed by atoms with Crippen LogP contribution in [0.3, 0.4) is 0 Å². The molecule has 0 amide bonds. The molecule has 0 fully saturated rings. The van der Waals surface area contributed by atoms with Gasteiger partial charge in [-0.2, -0.15) is 0 Å². The third-order valence-electron chi connectivity index (χ3n) is 2.92. The maximum absolute atomic E-state index is 11.5. The molecule has 2 rings (SSSR count). The van der Waals surface area contributed by atoms with Gasteiger partial charge in [0.15, 0.2) is 6.10 Å². The van der Waals surface area contributed by atoms with Crippen LogP contribution >= 0.6 is 0 Å². The van der Waals surface area contributed by atoms with Gasteiger partial charge in [-0.15, -0.1) is 0 Å². The van der Waals surface area contributed by atoms with Crippen LogP contribution in [0.2, 0.25) is 0 Å². The average molecular weight is 278 g/mol. The first-order valence-electron chi connectivity index (χ1n) is 5.92. The van der Waals surface area contributed by atoms with Crippen LogP contribution < -0.4 is 10.4 Å². The number of aliphatic hydroxyl groups is 1. The maximum atomic E-state index is 11.5. The highest BCUT2D eigenvalue weighted by molar-refractivity contribution is 5.83. The lowest BCUT2D eigenvalue weighted by molar-refractivity contribution is -0.150. The molecule has 1 atom stereocenters. The van der Waals surface area contributed by atoms with Gasteiger partial charge in [-0.1, -0.05) is 0 Å². The van der Waals surface area contributed by atoms with E-state index in [0.29, 0.717) is 22.3 Å². The van der Waals surface area contributed by atoms with Gasteiger partial charge in [0.25, 0.3) is 0 Å². The van der Waals surface area contributed by atoms with Crippen LogP contribution in [0.4, 0.5) is 0 Å². The highest BCUT2D eigenvalue weighted by Crippen LogP contribution is 2.23. The zero-order chi connectivity index (χ0) is 14.7. The molecule has 0 saturated carbocycles. The summed E-state index contributed by atoms with van der Waals surface area (Å²) in [5, 5.41) is 10.3. The van der Waals surface area contributed by atoms with Crippen LogP contribution in [-0.2, 0) is 16.0 Å². The average Bonchev–Trinajstić information content (AvgIpc) is 2.45. The SMILES string of the molecule is COC(=O)[C@H](O)Cc1cc(=O)oc2cc(OC)ccc12. The lowest BCUT2D eigenvalue weighted by atomic mass is 10.0. The Balaban J connectivity index is 2.47. The lowest BCUT2D eigenvalue weighted by Crippen LogP contribution is -2.24. The fourth-order valence-electron chi connectivity index (χ4n) is 1.93. The first-order valence-corrected chi connectivity index (χ1v) is 5.92. The Hall–Kier alpha value is -2.34. The first-order chi connectivity index (χ1) is 9.55. The summed E-state index contributed by atoms with van der Waals surface area (Å²) in [5.41, 5.74) is 0.290. The molecule has 2 aromatic rings. The topological polar surface area (TPSA) is 86.0 Å². The number of rotatable bonds is 4. The number of aliphatic hydroxyl groups excluding tert-OH is 1. The number of ether oxygens (including phenoxy) is 2. The molecule has 106 valence electrons. The summed E-state index contributed by atoms with van der Waals surface area (Å²) in [6, 6.07) is 6.23. The van der Waals surface area contributed by atoms with Crippen molar-refractivity contribution in [3.05, 3.63) is 40.2 Å². The van der Waals surface area contributed by atoms with Crippen molar-refractivity contribution in [2.75, 3.05) is 14.2 Å². The van der Waals surface area contributed by atoms with Gasteiger partial charge in [-0.25, -0.2) is 9.59 Å². The van der Waals surface area contributed by atoms with E-state index in [1.165, 1.54) is 20.3 Å². The fourth-order valence-corrected chi connectivity index (χ4v) is 1.93. The molecule has 0 spiro atoms. The summed E-state index contributed by atoms with van der Waals surface area (Å²) < 4.78 is 14.6. The monoisotopic (exact) mass is 278 g/mol. The Bertz CT molecular complexity index is 688. The predicted octanol–water partition coefficient (Wildman–Crippen LogP) is 0.878. The van der Waals surface area contributed by atoms with E-state index in [9.17, 15) is 14.7 Å². The summed E-state index contributed by atoms with van der Waals surface area (Å²) in [5.74, 6) is -0.203. The molecule has 6 nitrogen and oxygen atoms in total. The van der Waals surface area contributed by atoms with E-state index >= 15 is 0 Å². The molecule has 0 radical (unpaired) electrons. The van der Waals surface area contributed by atoms with Crippen LogP contribution in [0.1, 0.15) is 5.56 Å². The van der Waals surface area contributed by atoms with Crippen LogP contribution in [-0.4, -0.2) is 31.4 Å². The largest absolute Gasteiger partial charge is 0.497 e. The molecular formula is C14H14O6. The second-order valence-corrected chi connectivity index (χ2v) is 4.20. The number of hydrogen-bond donors (Lipinski definition) is 1. The summed E-state index contributed by atoms with van der Waals surface area (Å²) in [7, 11) is 2.69. The third kappa shape index (κ3) is 2.80. The molecule has 1 aromatic heterocycles. The number of esters is 1.